The molecule has 0 nitrogen and oxygen atoms in total. The fraction of sp³-hybridized carbons (Fsp3) is 0.200. The fourth-order valence-electron chi connectivity index (χ4n) is 4.04. The van der Waals surface area contributed by atoms with E-state index in [2.05, 4.69) is 74.0 Å². The Bertz CT molecular complexity index is 806. The summed E-state index contributed by atoms with van der Waals surface area (Å²) in [6.45, 7) is 5.11. The van der Waals surface area contributed by atoms with Crippen LogP contribution in [-0.4, -0.2) is 13.3 Å². The molecule has 5 rings (SSSR count). The van der Waals surface area contributed by atoms with Gasteiger partial charge >= 0.3 is 152 Å². The second-order valence-corrected chi connectivity index (χ2v) is 18.5. The summed E-state index contributed by atoms with van der Waals surface area (Å²) in [6.07, 6.45) is 5.15. The van der Waals surface area contributed by atoms with Gasteiger partial charge in [-0.3, -0.25) is 0 Å². The molecule has 1 heterocycles. The largest absolute Gasteiger partial charge is 1.00 e. The first-order valence-corrected chi connectivity index (χ1v) is 16.5. The minimum absolute atomic E-state index is 0. The Morgan fingerprint density at radius 3 is 1.52 bits per heavy atom. The molecule has 0 saturated carbocycles. The van der Waals surface area contributed by atoms with E-state index >= 15 is 0 Å². The van der Waals surface area contributed by atoms with Gasteiger partial charge in [0.2, 0.25) is 0 Å². The Morgan fingerprint density at radius 2 is 1.08 bits per heavy atom. The van der Waals surface area contributed by atoms with Gasteiger partial charge in [0, 0.05) is 0 Å². The van der Waals surface area contributed by atoms with Gasteiger partial charge in [-0.2, -0.15) is 0 Å². The third-order valence-corrected chi connectivity index (χ3v) is 21.2. The Kier molecular flexibility index (Phi) is 5.60. The molecule has 1 saturated heterocycles. The van der Waals surface area contributed by atoms with Crippen LogP contribution in [-0.2, 0) is 22.9 Å². The molecule has 0 amide bonds. The van der Waals surface area contributed by atoms with Crippen LogP contribution >= 0.6 is 15.2 Å². The minimum Gasteiger partial charge on any atom is -1.00 e. The molecule has 1 aliphatic heterocycles. The SMILES string of the molecule is CP1C2=Cc3ccccc3[CH]2[Hf+2][CH]2C(=Cc3ccccc32)P1C.[F-].[F-]. The van der Waals surface area contributed by atoms with Gasteiger partial charge in [-0.15, -0.1) is 0 Å². The molecular weight excluding hydrogens is 519 g/mol. The second kappa shape index (κ2) is 7.26. The van der Waals surface area contributed by atoms with Gasteiger partial charge in [-0.1, -0.05) is 0 Å². The summed E-state index contributed by atoms with van der Waals surface area (Å²) < 4.78 is 1.68. The van der Waals surface area contributed by atoms with Gasteiger partial charge < -0.3 is 9.41 Å². The van der Waals surface area contributed by atoms with Crippen molar-refractivity contribution in [3.8, 4) is 0 Å². The van der Waals surface area contributed by atoms with Crippen molar-refractivity contribution in [1.82, 2.24) is 0 Å². The number of benzene rings is 2. The van der Waals surface area contributed by atoms with Crippen molar-refractivity contribution >= 4 is 27.4 Å². The molecule has 0 spiro atoms. The smallest absolute Gasteiger partial charge is 1.00 e. The summed E-state index contributed by atoms with van der Waals surface area (Å²) in [5, 5.41) is 3.68. The predicted octanol–water partition coefficient (Wildman–Crippen LogP) is 0.421. The number of hydrogen-bond donors (Lipinski definition) is 0. The third kappa shape index (κ3) is 2.88. The number of halogens is 2. The molecule has 0 aromatic heterocycles. The zero-order chi connectivity index (χ0) is 15.6. The molecule has 25 heavy (non-hydrogen) atoms. The van der Waals surface area contributed by atoms with Crippen molar-refractivity contribution < 1.29 is 32.3 Å². The van der Waals surface area contributed by atoms with Crippen molar-refractivity contribution in [2.75, 3.05) is 13.3 Å². The summed E-state index contributed by atoms with van der Waals surface area (Å²) >= 11 is -0.862. The normalized spacial score (nSPS) is 27.4. The quantitative estimate of drug-likeness (QED) is 0.338. The van der Waals surface area contributed by atoms with E-state index in [1.54, 1.807) is 11.1 Å². The monoisotopic (exact) mass is 538 g/mol. The molecule has 0 bridgehead atoms. The summed E-state index contributed by atoms with van der Waals surface area (Å²) in [4.78, 5) is 0. The van der Waals surface area contributed by atoms with E-state index in [1.807, 2.05) is 10.6 Å². The van der Waals surface area contributed by atoms with Crippen molar-refractivity contribution in [2.24, 2.45) is 0 Å². The molecule has 2 aliphatic carbocycles. The van der Waals surface area contributed by atoms with Gasteiger partial charge in [0.1, 0.15) is 0 Å². The van der Waals surface area contributed by atoms with Crippen LogP contribution in [0.2, 0.25) is 0 Å². The first-order chi connectivity index (χ1) is 11.2. The van der Waals surface area contributed by atoms with E-state index < -0.39 is 22.9 Å². The van der Waals surface area contributed by atoms with Crippen molar-refractivity contribution in [1.29, 1.82) is 0 Å². The van der Waals surface area contributed by atoms with Gasteiger partial charge in [0.15, 0.2) is 0 Å². The summed E-state index contributed by atoms with van der Waals surface area (Å²) in [7, 11) is 0.0114. The van der Waals surface area contributed by atoms with E-state index in [0.717, 1.165) is 7.35 Å². The number of allylic oxidation sites excluding steroid dienone is 2. The van der Waals surface area contributed by atoms with E-state index in [0.29, 0.717) is 0 Å². The third-order valence-electron chi connectivity index (χ3n) is 5.34. The predicted molar refractivity (Wildman–Crippen MR) is 100 cm³/mol. The number of rotatable bonds is 0. The Balaban J connectivity index is 0.000000911. The standard InChI is InChI=1S/C20H18P2.2FH.Hf/c1-21(19-11-15-7-3-4-8-16(15)12-19)22(2)20-13-17-9-5-6-10-18(17)14-20;;;/h3-14H,1-2H3;2*1H;/q;;;+2/p-2. The summed E-state index contributed by atoms with van der Waals surface area (Å²) in [5.41, 5.74) is 6.37. The van der Waals surface area contributed by atoms with E-state index in [9.17, 15) is 0 Å². The molecule has 4 atom stereocenters. The van der Waals surface area contributed by atoms with Crippen LogP contribution < -0.4 is 9.41 Å². The molecule has 4 unspecified atom stereocenters. The molecule has 2 aromatic rings. The van der Waals surface area contributed by atoms with Crippen LogP contribution in [0.5, 0.6) is 0 Å². The van der Waals surface area contributed by atoms with Crippen LogP contribution in [0.25, 0.3) is 12.2 Å². The number of fused-ring (bicyclic) bond motifs is 6. The topological polar surface area (TPSA) is 0 Å². The zero-order valence-corrected chi connectivity index (χ0v) is 19.5. The van der Waals surface area contributed by atoms with Crippen LogP contribution in [0.1, 0.15) is 29.6 Å². The Morgan fingerprint density at radius 1 is 0.680 bits per heavy atom. The van der Waals surface area contributed by atoms with Crippen LogP contribution in [0, 0.1) is 0 Å². The van der Waals surface area contributed by atoms with E-state index in [-0.39, 0.29) is 24.6 Å². The molecule has 1 fully saturated rings. The van der Waals surface area contributed by atoms with E-state index in [1.165, 1.54) is 11.1 Å². The summed E-state index contributed by atoms with van der Waals surface area (Å²) in [5.74, 6) is 0. The number of hydrogen-bond acceptors (Lipinski definition) is 0. The van der Waals surface area contributed by atoms with Crippen LogP contribution in [0.4, 0.5) is 0 Å². The average molecular weight is 537 g/mol. The maximum atomic E-state index is 2.57. The maximum absolute atomic E-state index is 2.57. The van der Waals surface area contributed by atoms with Gasteiger partial charge in [-0.25, -0.2) is 0 Å². The maximum Gasteiger partial charge on any atom is -1.00 e. The molecule has 5 heteroatoms. The van der Waals surface area contributed by atoms with E-state index in [4.69, 9.17) is 0 Å². The van der Waals surface area contributed by atoms with Crippen molar-refractivity contribution in [2.45, 2.75) is 7.35 Å². The molecule has 126 valence electrons. The van der Waals surface area contributed by atoms with Gasteiger partial charge in [-0.05, 0) is 0 Å². The average Bonchev–Trinajstić information content (AvgIpc) is 3.11. The molecule has 0 radical (unpaired) electrons. The first kappa shape index (κ1) is 19.3. The van der Waals surface area contributed by atoms with Gasteiger partial charge in [0.25, 0.3) is 0 Å². The van der Waals surface area contributed by atoms with Crippen LogP contribution in [0.15, 0.2) is 59.2 Å². The Labute approximate surface area is 161 Å². The minimum atomic E-state index is -0.862. The van der Waals surface area contributed by atoms with Crippen molar-refractivity contribution in [3.63, 3.8) is 0 Å². The second-order valence-electron chi connectivity index (χ2n) is 6.48. The zero-order valence-electron chi connectivity index (χ0n) is 14.1. The molecule has 2 aromatic carbocycles. The molecular formula is C20H18F2HfP2. The molecule has 3 aliphatic rings. The van der Waals surface area contributed by atoms with Gasteiger partial charge in [0.05, 0.1) is 0 Å². The first-order valence-electron chi connectivity index (χ1n) is 8.08. The van der Waals surface area contributed by atoms with Crippen molar-refractivity contribution in [3.05, 3.63) is 81.4 Å². The Hall–Kier alpha value is -0.490. The molecule has 0 N–H and O–H groups in total. The van der Waals surface area contributed by atoms with Crippen LogP contribution in [0.3, 0.4) is 0 Å². The summed E-state index contributed by atoms with van der Waals surface area (Å²) in [6, 6.07) is 18.4. The fourth-order valence-corrected chi connectivity index (χ4v) is 23.5.